The van der Waals surface area contributed by atoms with E-state index in [2.05, 4.69) is 15.1 Å². The summed E-state index contributed by atoms with van der Waals surface area (Å²) in [5, 5.41) is 16.8. The number of rotatable bonds is 10. The summed E-state index contributed by atoms with van der Waals surface area (Å²) in [6.45, 7) is 7.04. The van der Waals surface area contributed by atoms with E-state index in [1.807, 2.05) is 0 Å². The van der Waals surface area contributed by atoms with Crippen LogP contribution in [0.15, 0.2) is 47.4 Å². The Morgan fingerprint density at radius 2 is 1.87 bits per heavy atom. The molecule has 0 spiro atoms. The molecule has 0 fully saturated rings. The number of aromatic carboxylic acids is 1. The number of amides is 1. The molecule has 38 heavy (non-hydrogen) atoms. The van der Waals surface area contributed by atoms with Crippen LogP contribution in [0.2, 0.25) is 5.02 Å². The van der Waals surface area contributed by atoms with Gasteiger partial charge in [-0.05, 0) is 64.1 Å². The quantitative estimate of drug-likeness (QED) is 0.309. The zero-order valence-electron chi connectivity index (χ0n) is 21.5. The molecule has 2 aromatic carbocycles. The summed E-state index contributed by atoms with van der Waals surface area (Å²) in [4.78, 5) is 24.2. The SMILES string of the molecule is COCCNS(=O)(=O)c1cc(NC(=O)c2cccc(Cl)c2)ccc1Oc1c(C)c(C(=O)O)nn1C(C)(C)C. The smallest absolute Gasteiger partial charge is 0.356 e. The van der Waals surface area contributed by atoms with Crippen LogP contribution < -0.4 is 14.8 Å². The standard InChI is InChI=1S/C25H29ClN4O7S/c1-15-21(24(32)33)29-30(25(2,3)4)23(15)37-19-10-9-18(14-20(19)38(34,35)27-11-12-36-5)28-22(31)16-7-6-8-17(26)13-16/h6-10,13-14,27H,11-12H2,1-5H3,(H,28,31)(H,32,33). The van der Waals surface area contributed by atoms with Gasteiger partial charge in [0.25, 0.3) is 5.91 Å². The van der Waals surface area contributed by atoms with Gasteiger partial charge in [-0.1, -0.05) is 17.7 Å². The molecule has 13 heteroatoms. The second-order valence-corrected chi connectivity index (χ2v) is 11.5. The third-order valence-corrected chi connectivity index (χ3v) is 7.01. The first kappa shape index (κ1) is 29.1. The summed E-state index contributed by atoms with van der Waals surface area (Å²) in [6, 6.07) is 10.4. The predicted molar refractivity (Wildman–Crippen MR) is 142 cm³/mol. The zero-order valence-corrected chi connectivity index (χ0v) is 23.1. The van der Waals surface area contributed by atoms with E-state index in [1.165, 1.54) is 43.0 Å². The molecule has 0 aliphatic rings. The first-order valence-corrected chi connectivity index (χ1v) is 13.3. The molecule has 0 bridgehead atoms. The Kier molecular flexibility index (Phi) is 8.82. The molecule has 3 aromatic rings. The Morgan fingerprint density at radius 1 is 1.16 bits per heavy atom. The van der Waals surface area contributed by atoms with E-state index in [-0.39, 0.29) is 52.2 Å². The molecule has 1 amide bonds. The maximum absolute atomic E-state index is 13.3. The molecule has 11 nitrogen and oxygen atoms in total. The number of hydrogen-bond acceptors (Lipinski definition) is 7. The van der Waals surface area contributed by atoms with E-state index < -0.39 is 27.4 Å². The molecule has 0 saturated carbocycles. The maximum atomic E-state index is 13.3. The number of nitrogens with zero attached hydrogens (tertiary/aromatic N) is 2. The summed E-state index contributed by atoms with van der Waals surface area (Å²) in [7, 11) is -2.72. The van der Waals surface area contributed by atoms with Crippen LogP contribution in [0.1, 0.15) is 47.2 Å². The molecular formula is C25H29ClN4O7S. The topological polar surface area (TPSA) is 149 Å². The van der Waals surface area contributed by atoms with Crippen molar-refractivity contribution >= 4 is 39.2 Å². The summed E-state index contributed by atoms with van der Waals surface area (Å²) in [5.74, 6) is -1.77. The van der Waals surface area contributed by atoms with Gasteiger partial charge in [0, 0.05) is 35.5 Å². The maximum Gasteiger partial charge on any atom is 0.356 e. The molecule has 0 unspecified atom stereocenters. The number of benzene rings is 2. The molecule has 3 rings (SSSR count). The van der Waals surface area contributed by atoms with E-state index in [1.54, 1.807) is 39.0 Å². The van der Waals surface area contributed by atoms with Crippen molar-refractivity contribution in [3.8, 4) is 11.6 Å². The molecule has 0 atom stereocenters. The molecule has 0 radical (unpaired) electrons. The van der Waals surface area contributed by atoms with Crippen LogP contribution in [0.3, 0.4) is 0 Å². The highest BCUT2D eigenvalue weighted by Gasteiger charge is 2.29. The number of carbonyl (C=O) groups is 2. The summed E-state index contributed by atoms with van der Waals surface area (Å²) in [5.41, 5.74) is -0.216. The fraction of sp³-hybridized carbons (Fsp3) is 0.320. The highest BCUT2D eigenvalue weighted by Crippen LogP contribution is 2.36. The molecule has 204 valence electrons. The number of halogens is 1. The van der Waals surface area contributed by atoms with Gasteiger partial charge >= 0.3 is 5.97 Å². The second kappa shape index (κ2) is 11.5. The van der Waals surface area contributed by atoms with E-state index in [9.17, 15) is 23.1 Å². The van der Waals surface area contributed by atoms with Crippen molar-refractivity contribution in [2.45, 2.75) is 38.1 Å². The molecular weight excluding hydrogens is 536 g/mol. The monoisotopic (exact) mass is 564 g/mol. The van der Waals surface area contributed by atoms with Crippen LogP contribution in [-0.2, 0) is 20.3 Å². The largest absolute Gasteiger partial charge is 0.476 e. The molecule has 0 aliphatic heterocycles. The molecule has 1 heterocycles. The minimum absolute atomic E-state index is 0.0144. The lowest BCUT2D eigenvalue weighted by molar-refractivity contribution is 0.0687. The fourth-order valence-corrected chi connectivity index (χ4v) is 4.79. The van der Waals surface area contributed by atoms with Crippen LogP contribution in [0, 0.1) is 6.92 Å². The average molecular weight is 565 g/mol. The number of hydrogen-bond donors (Lipinski definition) is 3. The van der Waals surface area contributed by atoms with Gasteiger partial charge in [0.05, 0.1) is 12.1 Å². The molecule has 1 aromatic heterocycles. The molecule has 0 aliphatic carbocycles. The Hall–Kier alpha value is -3.45. The van der Waals surface area contributed by atoms with Crippen LogP contribution >= 0.6 is 11.6 Å². The third-order valence-electron chi connectivity index (χ3n) is 5.29. The van der Waals surface area contributed by atoms with Gasteiger partial charge in [-0.15, -0.1) is 0 Å². The number of anilines is 1. The van der Waals surface area contributed by atoms with Crippen LogP contribution in [0.5, 0.6) is 11.6 Å². The summed E-state index contributed by atoms with van der Waals surface area (Å²) in [6.07, 6.45) is 0. The number of aromatic nitrogens is 2. The van der Waals surface area contributed by atoms with Crippen molar-refractivity contribution in [1.29, 1.82) is 0 Å². The van der Waals surface area contributed by atoms with Gasteiger partial charge in [0.15, 0.2) is 5.69 Å². The number of sulfonamides is 1. The average Bonchev–Trinajstić information content (AvgIpc) is 3.16. The van der Waals surface area contributed by atoms with Crippen LogP contribution in [0.4, 0.5) is 5.69 Å². The second-order valence-electron chi connectivity index (χ2n) is 9.29. The Morgan fingerprint density at radius 3 is 2.47 bits per heavy atom. The lowest BCUT2D eigenvalue weighted by Crippen LogP contribution is -2.28. The number of ether oxygens (including phenoxy) is 2. The zero-order chi connectivity index (χ0) is 28.3. The number of methoxy groups -OCH3 is 1. The minimum Gasteiger partial charge on any atom is -0.476 e. The number of carbonyl (C=O) groups excluding carboxylic acids is 1. The summed E-state index contributed by atoms with van der Waals surface area (Å²) < 4.78 is 41.3. The molecule has 3 N–H and O–H groups in total. The van der Waals surface area contributed by atoms with Gasteiger partial charge in [-0.25, -0.2) is 22.6 Å². The Bertz CT molecular complexity index is 1460. The third kappa shape index (κ3) is 6.70. The van der Waals surface area contributed by atoms with Crippen LogP contribution in [0.25, 0.3) is 0 Å². The number of carboxylic acids is 1. The molecule has 0 saturated heterocycles. The predicted octanol–water partition coefficient (Wildman–Crippen LogP) is 4.27. The minimum atomic E-state index is -4.16. The van der Waals surface area contributed by atoms with Gasteiger partial charge in [-0.3, -0.25) is 4.79 Å². The van der Waals surface area contributed by atoms with E-state index in [0.717, 1.165) is 0 Å². The van der Waals surface area contributed by atoms with Crippen molar-refractivity contribution in [2.75, 3.05) is 25.6 Å². The lowest BCUT2D eigenvalue weighted by atomic mass is 10.1. The highest BCUT2D eigenvalue weighted by molar-refractivity contribution is 7.89. The van der Waals surface area contributed by atoms with E-state index >= 15 is 0 Å². The van der Waals surface area contributed by atoms with Gasteiger partial charge in [0.2, 0.25) is 15.9 Å². The van der Waals surface area contributed by atoms with Crippen molar-refractivity contribution in [3.05, 3.63) is 64.3 Å². The normalized spacial score (nSPS) is 11.8. The number of carboxylic acid groups (broad SMARTS) is 1. The lowest BCUT2D eigenvalue weighted by Gasteiger charge is -2.23. The van der Waals surface area contributed by atoms with Gasteiger partial charge in [-0.2, -0.15) is 5.10 Å². The van der Waals surface area contributed by atoms with Gasteiger partial charge in [0.1, 0.15) is 10.6 Å². The van der Waals surface area contributed by atoms with E-state index in [0.29, 0.717) is 5.02 Å². The Labute approximate surface area is 225 Å². The first-order chi connectivity index (χ1) is 17.7. The fourth-order valence-electron chi connectivity index (χ4n) is 3.43. The van der Waals surface area contributed by atoms with E-state index in [4.69, 9.17) is 21.1 Å². The number of nitrogens with one attached hydrogen (secondary N) is 2. The van der Waals surface area contributed by atoms with Crippen molar-refractivity contribution in [3.63, 3.8) is 0 Å². The van der Waals surface area contributed by atoms with Crippen molar-refractivity contribution in [2.24, 2.45) is 0 Å². The Balaban J connectivity index is 2.08. The van der Waals surface area contributed by atoms with Gasteiger partial charge < -0.3 is 19.9 Å². The van der Waals surface area contributed by atoms with Crippen molar-refractivity contribution in [1.82, 2.24) is 14.5 Å². The highest BCUT2D eigenvalue weighted by atomic mass is 35.5. The summed E-state index contributed by atoms with van der Waals surface area (Å²) >= 11 is 5.98. The first-order valence-electron chi connectivity index (χ1n) is 11.5. The van der Waals surface area contributed by atoms with Crippen LogP contribution in [-0.4, -0.2) is 55.4 Å². The van der Waals surface area contributed by atoms with Crippen molar-refractivity contribution < 1.29 is 32.6 Å².